The van der Waals surface area contributed by atoms with Gasteiger partial charge in [-0.2, -0.15) is 0 Å². The van der Waals surface area contributed by atoms with Crippen molar-refractivity contribution in [3.8, 4) is 0 Å². The molecule has 9 nitrogen and oxygen atoms in total. The van der Waals surface area contributed by atoms with Gasteiger partial charge in [-0.3, -0.25) is 14.8 Å². The molecule has 1 aromatic rings. The zero-order chi connectivity index (χ0) is 22.5. The van der Waals surface area contributed by atoms with Crippen LogP contribution >= 0.6 is 0 Å². The van der Waals surface area contributed by atoms with Gasteiger partial charge in [0.15, 0.2) is 0 Å². The van der Waals surface area contributed by atoms with E-state index in [2.05, 4.69) is 17.0 Å². The van der Waals surface area contributed by atoms with Crippen molar-refractivity contribution in [2.24, 2.45) is 11.8 Å². The fourth-order valence-electron chi connectivity index (χ4n) is 5.08. The average molecular weight is 445 g/mol. The Morgan fingerprint density at radius 1 is 0.875 bits per heavy atom. The second-order valence-corrected chi connectivity index (χ2v) is 8.85. The zero-order valence-electron chi connectivity index (χ0n) is 18.3. The Balaban J connectivity index is 1.35. The summed E-state index contributed by atoms with van der Waals surface area (Å²) in [5.74, 6) is -1.89. The highest BCUT2D eigenvalue weighted by Gasteiger charge is 2.43. The maximum Gasteiger partial charge on any atom is 0.410 e. The van der Waals surface area contributed by atoms with E-state index in [1.165, 1.54) is 0 Å². The van der Waals surface area contributed by atoms with Crippen molar-refractivity contribution in [3.63, 3.8) is 0 Å². The second-order valence-electron chi connectivity index (χ2n) is 8.85. The highest BCUT2D eigenvalue weighted by atomic mass is 16.6. The maximum atomic E-state index is 13.3. The van der Waals surface area contributed by atoms with E-state index in [9.17, 15) is 19.6 Å². The van der Waals surface area contributed by atoms with Crippen LogP contribution in [0.15, 0.2) is 30.3 Å². The first-order valence-electron chi connectivity index (χ1n) is 11.5. The maximum absolute atomic E-state index is 13.3. The topological polar surface area (TPSA) is 102 Å². The first-order valence-corrected chi connectivity index (χ1v) is 11.5. The van der Waals surface area contributed by atoms with Crippen molar-refractivity contribution in [1.29, 1.82) is 0 Å². The predicted octanol–water partition coefficient (Wildman–Crippen LogP) is 1.86. The molecular formula is C23H32N4O5. The Bertz CT molecular complexity index is 806. The van der Waals surface area contributed by atoms with Crippen LogP contribution in [0.1, 0.15) is 32.1 Å². The predicted molar refractivity (Wildman–Crippen MR) is 117 cm³/mol. The molecule has 32 heavy (non-hydrogen) atoms. The quantitative estimate of drug-likeness (QED) is 0.543. The van der Waals surface area contributed by atoms with Gasteiger partial charge in [-0.15, -0.1) is 0 Å². The van der Waals surface area contributed by atoms with Gasteiger partial charge < -0.3 is 19.4 Å². The Morgan fingerprint density at radius 3 is 2.22 bits per heavy atom. The van der Waals surface area contributed by atoms with Gasteiger partial charge in [0.1, 0.15) is 6.10 Å². The van der Waals surface area contributed by atoms with E-state index in [4.69, 9.17) is 4.74 Å². The number of carbonyl (C=O) groups is 3. The summed E-state index contributed by atoms with van der Waals surface area (Å²) in [4.78, 5) is 43.8. The minimum atomic E-state index is -0.718. The molecule has 2 N–H and O–H groups in total. The third-order valence-electron chi connectivity index (χ3n) is 6.91. The fourth-order valence-corrected chi connectivity index (χ4v) is 5.08. The molecule has 1 aliphatic carbocycles. The van der Waals surface area contributed by atoms with Crippen LogP contribution in [-0.2, 0) is 14.3 Å². The smallest absolute Gasteiger partial charge is 0.410 e. The van der Waals surface area contributed by atoms with Gasteiger partial charge in [-0.1, -0.05) is 18.2 Å². The lowest BCUT2D eigenvalue weighted by atomic mass is 9.76. The molecule has 0 radical (unpaired) electrons. The van der Waals surface area contributed by atoms with Gasteiger partial charge in [0.25, 0.3) is 0 Å². The first-order chi connectivity index (χ1) is 15.6. The monoisotopic (exact) mass is 444 g/mol. The van der Waals surface area contributed by atoms with E-state index in [0.717, 1.165) is 31.6 Å². The molecule has 0 bridgehead atoms. The van der Waals surface area contributed by atoms with Crippen molar-refractivity contribution in [3.05, 3.63) is 30.3 Å². The van der Waals surface area contributed by atoms with Crippen molar-refractivity contribution in [2.75, 3.05) is 44.2 Å². The van der Waals surface area contributed by atoms with E-state index in [-0.39, 0.29) is 18.4 Å². The number of para-hydroxylation sites is 1. The summed E-state index contributed by atoms with van der Waals surface area (Å²) >= 11 is 0. The summed E-state index contributed by atoms with van der Waals surface area (Å²) in [7, 11) is 0. The van der Waals surface area contributed by atoms with Crippen LogP contribution in [0.5, 0.6) is 0 Å². The lowest BCUT2D eigenvalue weighted by Crippen LogP contribution is -2.53. The summed E-state index contributed by atoms with van der Waals surface area (Å²) in [5, 5.41) is 9.25. The highest BCUT2D eigenvalue weighted by Crippen LogP contribution is 2.34. The fraction of sp³-hybridized carbons (Fsp3) is 0.609. The molecule has 2 saturated heterocycles. The molecule has 0 spiro atoms. The Labute approximate surface area is 188 Å². The largest absolute Gasteiger partial charge is 0.446 e. The van der Waals surface area contributed by atoms with Crippen molar-refractivity contribution in [2.45, 2.75) is 38.2 Å². The van der Waals surface area contributed by atoms with E-state index in [0.29, 0.717) is 39.0 Å². The molecular weight excluding hydrogens is 412 g/mol. The average Bonchev–Trinajstić information content (AvgIpc) is 3.39. The van der Waals surface area contributed by atoms with Crippen LogP contribution in [0, 0.1) is 11.8 Å². The second kappa shape index (κ2) is 10.2. The number of carbonyl (C=O) groups excluding carboxylic acids is 3. The number of amides is 3. The molecule has 3 amide bonds. The van der Waals surface area contributed by atoms with Crippen LogP contribution < -0.4 is 10.4 Å². The molecule has 2 aliphatic heterocycles. The molecule has 9 heteroatoms. The summed E-state index contributed by atoms with van der Waals surface area (Å²) in [6.45, 7) is 4.03. The van der Waals surface area contributed by atoms with Crippen LogP contribution in [0.25, 0.3) is 0 Å². The number of nitrogens with one attached hydrogen (secondary N) is 1. The summed E-state index contributed by atoms with van der Waals surface area (Å²) < 4.78 is 5.63. The minimum absolute atomic E-state index is 0.0596. The van der Waals surface area contributed by atoms with E-state index in [1.807, 2.05) is 23.1 Å². The Hall–Kier alpha value is -2.81. The molecule has 0 aromatic heterocycles. The number of rotatable bonds is 4. The number of hydroxylamine groups is 1. The van der Waals surface area contributed by atoms with E-state index >= 15 is 0 Å². The molecule has 3 fully saturated rings. The van der Waals surface area contributed by atoms with Gasteiger partial charge in [0, 0.05) is 45.0 Å². The molecule has 4 rings (SSSR count). The Kier molecular flexibility index (Phi) is 7.14. The number of anilines is 1. The lowest BCUT2D eigenvalue weighted by Gasteiger charge is -2.40. The number of likely N-dealkylation sites (tertiary alicyclic amines) is 1. The number of ether oxygens (including phenoxy) is 1. The Morgan fingerprint density at radius 2 is 1.56 bits per heavy atom. The van der Waals surface area contributed by atoms with Gasteiger partial charge >= 0.3 is 6.09 Å². The summed E-state index contributed by atoms with van der Waals surface area (Å²) in [6, 6.07) is 10.1. The third-order valence-corrected chi connectivity index (χ3v) is 6.91. The summed E-state index contributed by atoms with van der Waals surface area (Å²) in [6.07, 6.45) is 2.41. The van der Waals surface area contributed by atoms with Crippen LogP contribution in [-0.4, -0.2) is 78.3 Å². The molecule has 2 heterocycles. The van der Waals surface area contributed by atoms with Crippen molar-refractivity contribution < 1.29 is 24.3 Å². The first kappa shape index (κ1) is 22.4. The number of nitrogens with zero attached hydrogens (tertiary/aromatic N) is 3. The SMILES string of the molecule is O=C(NO)[C@H]1C[C@H](OC(=O)N2CCCC2)CC[C@@H]1C(=O)N1CCN(c2ccccc2)CC1. The zero-order valence-corrected chi connectivity index (χ0v) is 18.3. The van der Waals surface area contributed by atoms with E-state index in [1.54, 1.807) is 10.4 Å². The van der Waals surface area contributed by atoms with Gasteiger partial charge in [0.05, 0.1) is 11.8 Å². The number of benzene rings is 1. The molecule has 3 atom stereocenters. The highest BCUT2D eigenvalue weighted by molar-refractivity contribution is 5.87. The molecule has 0 unspecified atom stereocenters. The van der Waals surface area contributed by atoms with Crippen LogP contribution in [0.3, 0.4) is 0 Å². The van der Waals surface area contributed by atoms with Gasteiger partial charge in [-0.25, -0.2) is 10.3 Å². The molecule has 1 saturated carbocycles. The third kappa shape index (κ3) is 4.98. The normalized spacial score (nSPS) is 26.0. The molecule has 174 valence electrons. The number of hydrogen-bond donors (Lipinski definition) is 2. The van der Waals surface area contributed by atoms with E-state index < -0.39 is 23.8 Å². The molecule has 3 aliphatic rings. The van der Waals surface area contributed by atoms with Crippen molar-refractivity contribution in [1.82, 2.24) is 15.3 Å². The standard InChI is InChI=1S/C23H32N4O5/c28-21(24-31)20-16-18(32-23(30)27-10-4-5-11-27)8-9-19(20)22(29)26-14-12-25(13-15-26)17-6-2-1-3-7-17/h1-3,6-7,18-20,31H,4-5,8-16H2,(H,24,28)/t18-,19+,20+/m1/s1. The lowest BCUT2D eigenvalue weighted by molar-refractivity contribution is -0.149. The van der Waals surface area contributed by atoms with Crippen molar-refractivity contribution >= 4 is 23.6 Å². The minimum Gasteiger partial charge on any atom is -0.446 e. The number of hydrogen-bond acceptors (Lipinski definition) is 6. The summed E-state index contributed by atoms with van der Waals surface area (Å²) in [5.41, 5.74) is 2.85. The van der Waals surface area contributed by atoms with Gasteiger partial charge in [-0.05, 0) is 44.2 Å². The number of piperazine rings is 1. The van der Waals surface area contributed by atoms with Crippen LogP contribution in [0.2, 0.25) is 0 Å². The van der Waals surface area contributed by atoms with Crippen LogP contribution in [0.4, 0.5) is 10.5 Å². The molecule has 1 aromatic carbocycles. The van der Waals surface area contributed by atoms with Gasteiger partial charge in [0.2, 0.25) is 11.8 Å².